The maximum Gasteiger partial charge on any atom is 0.313 e. The van der Waals surface area contributed by atoms with Gasteiger partial charge in [-0.3, -0.25) is 9.59 Å². The molecule has 0 aromatic heterocycles. The van der Waals surface area contributed by atoms with E-state index >= 15 is 0 Å². The number of amides is 1. The lowest BCUT2D eigenvalue weighted by Gasteiger charge is -2.24. The lowest BCUT2D eigenvalue weighted by molar-refractivity contribution is -0.151. The quantitative estimate of drug-likeness (QED) is 0.867. The summed E-state index contributed by atoms with van der Waals surface area (Å²) in [4.78, 5) is 26.4. The van der Waals surface area contributed by atoms with Crippen LogP contribution in [0.15, 0.2) is 54.6 Å². The average Bonchev–Trinajstić information content (AvgIpc) is 3.08. The molecule has 136 valence electrons. The van der Waals surface area contributed by atoms with Crippen molar-refractivity contribution in [3.63, 3.8) is 0 Å². The molecule has 5 heteroatoms. The molecule has 0 saturated carbocycles. The van der Waals surface area contributed by atoms with E-state index in [-0.39, 0.29) is 19.1 Å². The van der Waals surface area contributed by atoms with E-state index < -0.39 is 11.4 Å². The Bertz CT molecular complexity index is 790. The number of ether oxygens (including phenoxy) is 1. The Morgan fingerprint density at radius 1 is 1.12 bits per heavy atom. The Hall–Kier alpha value is -2.66. The number of benzene rings is 2. The fraction of sp³-hybridized carbons (Fsp3) is 0.333. The number of carbonyl (C=O) groups is 2. The minimum absolute atomic E-state index is 0.109. The van der Waals surface area contributed by atoms with Crippen molar-refractivity contribution >= 4 is 11.9 Å². The monoisotopic (exact) mass is 353 g/mol. The third-order valence-corrected chi connectivity index (χ3v) is 5.00. The fourth-order valence-corrected chi connectivity index (χ4v) is 3.55. The Balaban J connectivity index is 1.82. The molecule has 0 bridgehead atoms. The summed E-state index contributed by atoms with van der Waals surface area (Å²) in [6, 6.07) is 17.5. The minimum atomic E-state index is -1.02. The van der Waals surface area contributed by atoms with E-state index in [1.165, 1.54) is 7.11 Å². The van der Waals surface area contributed by atoms with Gasteiger partial charge in [0.2, 0.25) is 0 Å². The molecule has 26 heavy (non-hydrogen) atoms. The molecule has 1 fully saturated rings. The third kappa shape index (κ3) is 3.63. The second-order valence-electron chi connectivity index (χ2n) is 6.81. The summed E-state index contributed by atoms with van der Waals surface area (Å²) < 4.78 is 5.11. The van der Waals surface area contributed by atoms with Gasteiger partial charge >= 0.3 is 5.97 Å². The smallest absolute Gasteiger partial charge is 0.313 e. The summed E-state index contributed by atoms with van der Waals surface area (Å²) in [5.41, 5.74) is 1.70. The highest BCUT2D eigenvalue weighted by molar-refractivity contribution is 5.96. The van der Waals surface area contributed by atoms with Crippen LogP contribution in [0.2, 0.25) is 0 Å². The van der Waals surface area contributed by atoms with Crippen LogP contribution >= 0.6 is 0 Å². The molecule has 1 aliphatic heterocycles. The van der Waals surface area contributed by atoms with E-state index in [2.05, 4.69) is 0 Å². The Morgan fingerprint density at radius 3 is 2.50 bits per heavy atom. The number of nitrogens with zero attached hydrogens (tertiary/aromatic N) is 1. The van der Waals surface area contributed by atoms with Gasteiger partial charge in [-0.25, -0.2) is 0 Å². The topological polar surface area (TPSA) is 66.8 Å². The number of hydrogen-bond donors (Lipinski definition) is 1. The van der Waals surface area contributed by atoms with Gasteiger partial charge in [0, 0.05) is 25.8 Å². The van der Waals surface area contributed by atoms with Crippen LogP contribution in [0.5, 0.6) is 0 Å². The number of rotatable bonds is 6. The van der Waals surface area contributed by atoms with Crippen molar-refractivity contribution in [2.45, 2.75) is 12.8 Å². The highest BCUT2D eigenvalue weighted by Crippen LogP contribution is 2.32. The average molecular weight is 353 g/mol. The van der Waals surface area contributed by atoms with Gasteiger partial charge in [-0.15, -0.1) is 0 Å². The second-order valence-corrected chi connectivity index (χ2v) is 6.81. The van der Waals surface area contributed by atoms with Crippen LogP contribution in [0, 0.1) is 5.41 Å². The predicted octanol–water partition coefficient (Wildman–Crippen LogP) is 2.84. The SMILES string of the molecule is COCC1(C(=O)O)CCN(C(=O)c2ccccc2Cc2ccccc2)C1. The van der Waals surface area contributed by atoms with Crippen LogP contribution in [0.25, 0.3) is 0 Å². The highest BCUT2D eigenvalue weighted by Gasteiger charge is 2.46. The first kappa shape index (κ1) is 18.1. The number of carbonyl (C=O) groups excluding carboxylic acids is 1. The van der Waals surface area contributed by atoms with E-state index in [0.29, 0.717) is 24.9 Å². The Kier molecular flexibility index (Phi) is 5.38. The molecule has 5 nitrogen and oxygen atoms in total. The van der Waals surface area contributed by atoms with Crippen molar-refractivity contribution in [1.29, 1.82) is 0 Å². The molecule has 1 saturated heterocycles. The third-order valence-electron chi connectivity index (χ3n) is 5.00. The normalized spacial score (nSPS) is 19.5. The molecule has 1 amide bonds. The van der Waals surface area contributed by atoms with Crippen LogP contribution in [-0.2, 0) is 16.0 Å². The number of carboxylic acids is 1. The van der Waals surface area contributed by atoms with E-state index in [9.17, 15) is 14.7 Å². The standard InChI is InChI=1S/C21H23NO4/c1-26-15-21(20(24)25)11-12-22(14-21)19(23)18-10-6-5-9-17(18)13-16-7-3-2-4-8-16/h2-10H,11-15H2,1H3,(H,24,25). The zero-order valence-electron chi connectivity index (χ0n) is 14.9. The summed E-state index contributed by atoms with van der Waals surface area (Å²) in [6.45, 7) is 0.709. The van der Waals surface area contributed by atoms with Gasteiger partial charge < -0.3 is 14.7 Å². The molecule has 3 rings (SSSR count). The van der Waals surface area contributed by atoms with E-state index in [0.717, 1.165) is 11.1 Å². The Morgan fingerprint density at radius 2 is 1.81 bits per heavy atom. The van der Waals surface area contributed by atoms with E-state index in [1.54, 1.807) is 4.90 Å². The van der Waals surface area contributed by atoms with Gasteiger partial charge in [-0.05, 0) is 30.0 Å². The molecule has 1 atom stereocenters. The van der Waals surface area contributed by atoms with Gasteiger partial charge in [-0.2, -0.15) is 0 Å². The molecular weight excluding hydrogens is 330 g/mol. The van der Waals surface area contributed by atoms with Crippen LogP contribution in [-0.4, -0.2) is 48.7 Å². The molecular formula is C21H23NO4. The van der Waals surface area contributed by atoms with Gasteiger partial charge in [0.15, 0.2) is 0 Å². The van der Waals surface area contributed by atoms with Crippen molar-refractivity contribution in [1.82, 2.24) is 4.90 Å². The largest absolute Gasteiger partial charge is 0.481 e. The van der Waals surface area contributed by atoms with Gasteiger partial charge in [0.25, 0.3) is 5.91 Å². The molecule has 1 N–H and O–H groups in total. The van der Waals surface area contributed by atoms with Crippen LogP contribution in [0.1, 0.15) is 27.9 Å². The summed E-state index contributed by atoms with van der Waals surface area (Å²) in [6.07, 6.45) is 1.07. The summed E-state index contributed by atoms with van der Waals surface area (Å²) in [7, 11) is 1.49. The van der Waals surface area contributed by atoms with Crippen molar-refractivity contribution in [3.05, 3.63) is 71.3 Å². The van der Waals surface area contributed by atoms with Crippen LogP contribution in [0.4, 0.5) is 0 Å². The van der Waals surface area contributed by atoms with Crippen molar-refractivity contribution in [2.75, 3.05) is 26.8 Å². The number of methoxy groups -OCH3 is 1. The molecule has 1 aliphatic rings. The van der Waals surface area contributed by atoms with Gasteiger partial charge in [0.1, 0.15) is 5.41 Å². The lowest BCUT2D eigenvalue weighted by Crippen LogP contribution is -2.40. The van der Waals surface area contributed by atoms with Gasteiger partial charge in [0.05, 0.1) is 6.61 Å². The first-order chi connectivity index (χ1) is 12.6. The zero-order chi connectivity index (χ0) is 18.6. The molecule has 2 aromatic carbocycles. The molecule has 2 aromatic rings. The Labute approximate surface area is 153 Å². The summed E-state index contributed by atoms with van der Waals surface area (Å²) >= 11 is 0. The molecule has 0 radical (unpaired) electrons. The highest BCUT2D eigenvalue weighted by atomic mass is 16.5. The molecule has 0 aliphatic carbocycles. The van der Waals surface area contributed by atoms with E-state index in [4.69, 9.17) is 4.74 Å². The fourth-order valence-electron chi connectivity index (χ4n) is 3.55. The molecule has 1 heterocycles. The lowest BCUT2D eigenvalue weighted by atomic mass is 9.88. The number of hydrogen-bond acceptors (Lipinski definition) is 3. The first-order valence-corrected chi connectivity index (χ1v) is 8.69. The van der Waals surface area contributed by atoms with Crippen LogP contribution in [0.3, 0.4) is 0 Å². The summed E-state index contributed by atoms with van der Waals surface area (Å²) in [5.74, 6) is -1.03. The first-order valence-electron chi connectivity index (χ1n) is 8.69. The number of likely N-dealkylation sites (tertiary alicyclic amines) is 1. The van der Waals surface area contributed by atoms with Gasteiger partial charge in [-0.1, -0.05) is 48.5 Å². The zero-order valence-corrected chi connectivity index (χ0v) is 14.9. The number of carboxylic acid groups (broad SMARTS) is 1. The minimum Gasteiger partial charge on any atom is -0.481 e. The molecule has 1 unspecified atom stereocenters. The van der Waals surface area contributed by atoms with Crippen LogP contribution < -0.4 is 0 Å². The second kappa shape index (κ2) is 7.70. The summed E-state index contributed by atoms with van der Waals surface area (Å²) in [5, 5.41) is 9.60. The number of aliphatic carboxylic acids is 1. The predicted molar refractivity (Wildman–Crippen MR) is 98.2 cm³/mol. The maximum atomic E-state index is 13.1. The van der Waals surface area contributed by atoms with Crippen molar-refractivity contribution in [3.8, 4) is 0 Å². The molecule has 0 spiro atoms. The van der Waals surface area contributed by atoms with E-state index in [1.807, 2.05) is 54.6 Å². The maximum absolute atomic E-state index is 13.1. The van der Waals surface area contributed by atoms with Crippen molar-refractivity contribution in [2.24, 2.45) is 5.41 Å². The van der Waals surface area contributed by atoms with Crippen molar-refractivity contribution < 1.29 is 19.4 Å².